The van der Waals surface area contributed by atoms with Crippen LogP contribution < -0.4 is 4.74 Å². The van der Waals surface area contributed by atoms with Crippen LogP contribution in [0.25, 0.3) is 0 Å². The highest BCUT2D eigenvalue weighted by molar-refractivity contribution is 7.86. The van der Waals surface area contributed by atoms with Crippen LogP contribution >= 0.6 is 0 Å². The van der Waals surface area contributed by atoms with Crippen LogP contribution in [0.2, 0.25) is 0 Å². The Labute approximate surface area is 156 Å². The third kappa shape index (κ3) is 5.33. The molecule has 0 aromatic heterocycles. The monoisotopic (exact) mass is 409 g/mol. The summed E-state index contributed by atoms with van der Waals surface area (Å²) in [5, 5.41) is 0. The summed E-state index contributed by atoms with van der Waals surface area (Å²) in [7, 11) is -3.56. The third-order valence-electron chi connectivity index (χ3n) is 4.22. The molecule has 1 amide bonds. The molecule has 0 radical (unpaired) electrons. The molecule has 1 aromatic carbocycles. The number of hydrogen-bond donors (Lipinski definition) is 0. The lowest BCUT2D eigenvalue weighted by Crippen LogP contribution is -2.54. The molecule has 0 saturated carbocycles. The number of amides is 1. The number of rotatable bonds is 6. The number of carbonyl (C=O) groups excluding carboxylic acids is 1. The van der Waals surface area contributed by atoms with Crippen molar-refractivity contribution in [1.29, 1.82) is 0 Å². The molecule has 1 fully saturated rings. The normalized spacial score (nSPS) is 16.6. The van der Waals surface area contributed by atoms with Gasteiger partial charge in [-0.25, -0.2) is 0 Å². The van der Waals surface area contributed by atoms with E-state index in [0.29, 0.717) is 13.1 Å². The van der Waals surface area contributed by atoms with Crippen molar-refractivity contribution in [2.75, 3.05) is 39.3 Å². The van der Waals surface area contributed by atoms with Gasteiger partial charge in [0.05, 0.1) is 0 Å². The molecule has 27 heavy (non-hydrogen) atoms. The maximum atomic E-state index is 12.5. The van der Waals surface area contributed by atoms with E-state index in [2.05, 4.69) is 4.74 Å². The summed E-state index contributed by atoms with van der Waals surface area (Å²) < 4.78 is 68.0. The summed E-state index contributed by atoms with van der Waals surface area (Å²) in [6.07, 6.45) is -4.79. The lowest BCUT2D eigenvalue weighted by atomic mass is 10.2. The van der Waals surface area contributed by atoms with E-state index in [1.807, 2.05) is 0 Å². The fraction of sp³-hybridized carbons (Fsp3) is 0.562. The van der Waals surface area contributed by atoms with E-state index in [0.717, 1.165) is 12.1 Å². The van der Waals surface area contributed by atoms with Crippen LogP contribution in [-0.2, 0) is 10.2 Å². The Hall–Kier alpha value is -1.85. The number of nitrogens with zero attached hydrogens (tertiary/aromatic N) is 3. The van der Waals surface area contributed by atoms with Gasteiger partial charge in [0.1, 0.15) is 5.75 Å². The third-order valence-corrected chi connectivity index (χ3v) is 6.41. The Bertz CT molecular complexity index is 741. The van der Waals surface area contributed by atoms with Crippen molar-refractivity contribution >= 4 is 16.1 Å². The topological polar surface area (TPSA) is 70.2 Å². The molecule has 0 N–H and O–H groups in total. The second-order valence-electron chi connectivity index (χ2n) is 5.86. The lowest BCUT2D eigenvalue weighted by molar-refractivity contribution is -0.274. The second kappa shape index (κ2) is 8.44. The van der Waals surface area contributed by atoms with Crippen molar-refractivity contribution in [3.05, 3.63) is 29.8 Å². The number of piperazine rings is 1. The quantitative estimate of drug-likeness (QED) is 0.720. The molecule has 0 unspecified atom stereocenters. The standard InChI is InChI=1S/C16H22F3N3O4S/c1-3-21(4-2)27(24,25)22-11-9-20(10-12-22)15(23)13-5-7-14(8-6-13)26-16(17,18)19/h5-8H,3-4,9-12H2,1-2H3. The van der Waals surface area contributed by atoms with Crippen molar-refractivity contribution in [2.24, 2.45) is 0 Å². The second-order valence-corrected chi connectivity index (χ2v) is 7.78. The van der Waals surface area contributed by atoms with Crippen LogP contribution in [0.5, 0.6) is 5.75 Å². The van der Waals surface area contributed by atoms with Gasteiger partial charge in [-0.2, -0.15) is 17.0 Å². The SMILES string of the molecule is CCN(CC)S(=O)(=O)N1CCN(C(=O)c2ccc(OC(F)(F)F)cc2)CC1. The first kappa shape index (κ1) is 21.5. The molecule has 1 heterocycles. The minimum atomic E-state index is -4.79. The maximum Gasteiger partial charge on any atom is 0.573 e. The molecule has 1 aliphatic heterocycles. The lowest BCUT2D eigenvalue weighted by Gasteiger charge is -2.36. The zero-order valence-electron chi connectivity index (χ0n) is 15.1. The summed E-state index contributed by atoms with van der Waals surface area (Å²) in [5.74, 6) is -0.775. The molecule has 0 spiro atoms. The Morgan fingerprint density at radius 3 is 2.04 bits per heavy atom. The van der Waals surface area contributed by atoms with Crippen LogP contribution in [0, 0.1) is 0 Å². The van der Waals surface area contributed by atoms with Gasteiger partial charge >= 0.3 is 6.36 Å². The minimum absolute atomic E-state index is 0.167. The number of halogens is 3. The van der Waals surface area contributed by atoms with Crippen LogP contribution in [0.4, 0.5) is 13.2 Å². The van der Waals surface area contributed by atoms with Gasteiger partial charge in [-0.05, 0) is 24.3 Å². The van der Waals surface area contributed by atoms with E-state index >= 15 is 0 Å². The largest absolute Gasteiger partial charge is 0.573 e. The van der Waals surface area contributed by atoms with E-state index in [9.17, 15) is 26.4 Å². The summed E-state index contributed by atoms with van der Waals surface area (Å²) in [5.41, 5.74) is 0.213. The van der Waals surface area contributed by atoms with E-state index < -0.39 is 22.3 Å². The molecular weight excluding hydrogens is 387 g/mol. The Morgan fingerprint density at radius 1 is 1.07 bits per heavy atom. The average Bonchev–Trinajstić information content (AvgIpc) is 2.61. The first-order valence-electron chi connectivity index (χ1n) is 8.48. The zero-order valence-corrected chi connectivity index (χ0v) is 15.9. The predicted molar refractivity (Wildman–Crippen MR) is 92.4 cm³/mol. The van der Waals surface area contributed by atoms with Crippen LogP contribution in [-0.4, -0.2) is 73.5 Å². The average molecular weight is 409 g/mol. The smallest absolute Gasteiger partial charge is 0.406 e. The van der Waals surface area contributed by atoms with Gasteiger partial charge in [0.25, 0.3) is 16.1 Å². The number of ether oxygens (including phenoxy) is 1. The molecule has 0 aliphatic carbocycles. The van der Waals surface area contributed by atoms with Crippen LogP contribution in [0.15, 0.2) is 24.3 Å². The number of alkyl halides is 3. The van der Waals surface area contributed by atoms with Crippen LogP contribution in [0.3, 0.4) is 0 Å². The molecule has 11 heteroatoms. The summed E-state index contributed by atoms with van der Waals surface area (Å²) in [4.78, 5) is 14.0. The van der Waals surface area contributed by atoms with Gasteiger partial charge in [0, 0.05) is 44.8 Å². The van der Waals surface area contributed by atoms with Gasteiger partial charge < -0.3 is 9.64 Å². The highest BCUT2D eigenvalue weighted by Gasteiger charge is 2.33. The van der Waals surface area contributed by atoms with Crippen molar-refractivity contribution in [3.8, 4) is 5.75 Å². The van der Waals surface area contributed by atoms with Gasteiger partial charge in [-0.3, -0.25) is 4.79 Å². The van der Waals surface area contributed by atoms with E-state index in [1.54, 1.807) is 13.8 Å². The minimum Gasteiger partial charge on any atom is -0.406 e. The maximum absolute atomic E-state index is 12.5. The molecule has 152 valence electrons. The molecule has 1 saturated heterocycles. The molecule has 1 aromatic rings. The van der Waals surface area contributed by atoms with Crippen molar-refractivity contribution < 1.29 is 31.1 Å². The number of carbonyl (C=O) groups is 1. The summed E-state index contributed by atoms with van der Waals surface area (Å²) >= 11 is 0. The molecule has 1 aliphatic rings. The molecule has 0 atom stereocenters. The first-order valence-corrected chi connectivity index (χ1v) is 9.88. The van der Waals surface area contributed by atoms with E-state index in [1.165, 1.54) is 25.6 Å². The van der Waals surface area contributed by atoms with Gasteiger partial charge in [0.2, 0.25) is 0 Å². The molecule has 7 nitrogen and oxygen atoms in total. The van der Waals surface area contributed by atoms with Crippen molar-refractivity contribution in [3.63, 3.8) is 0 Å². The fourth-order valence-corrected chi connectivity index (χ4v) is 4.42. The van der Waals surface area contributed by atoms with Crippen molar-refractivity contribution in [2.45, 2.75) is 20.2 Å². The van der Waals surface area contributed by atoms with Crippen molar-refractivity contribution in [1.82, 2.24) is 13.5 Å². The van der Waals surface area contributed by atoms with Gasteiger partial charge in [-0.15, -0.1) is 13.2 Å². The Morgan fingerprint density at radius 2 is 1.59 bits per heavy atom. The summed E-state index contributed by atoms with van der Waals surface area (Å²) in [6.45, 7) is 4.99. The van der Waals surface area contributed by atoms with Gasteiger partial charge in [0.15, 0.2) is 0 Å². The summed E-state index contributed by atoms with van der Waals surface area (Å²) in [6, 6.07) is 4.65. The van der Waals surface area contributed by atoms with E-state index in [4.69, 9.17) is 0 Å². The zero-order chi connectivity index (χ0) is 20.2. The highest BCUT2D eigenvalue weighted by Crippen LogP contribution is 2.23. The number of benzene rings is 1. The van der Waals surface area contributed by atoms with E-state index in [-0.39, 0.29) is 37.6 Å². The Balaban J connectivity index is 1.99. The fourth-order valence-electron chi connectivity index (χ4n) is 2.82. The molecular formula is C16H22F3N3O4S. The van der Waals surface area contributed by atoms with Crippen LogP contribution in [0.1, 0.15) is 24.2 Å². The first-order chi connectivity index (χ1) is 12.6. The molecule has 0 bridgehead atoms. The highest BCUT2D eigenvalue weighted by atomic mass is 32.2. The van der Waals surface area contributed by atoms with Gasteiger partial charge in [-0.1, -0.05) is 13.8 Å². The molecule has 2 rings (SSSR count). The number of hydrogen-bond acceptors (Lipinski definition) is 4. The predicted octanol–water partition coefficient (Wildman–Crippen LogP) is 1.93. The Kier molecular flexibility index (Phi) is 6.71.